The van der Waals surface area contributed by atoms with Gasteiger partial charge in [-0.3, -0.25) is 0 Å². The van der Waals surface area contributed by atoms with Gasteiger partial charge in [-0.25, -0.2) is 0 Å². The molecule has 0 spiro atoms. The van der Waals surface area contributed by atoms with E-state index in [1.54, 1.807) is 0 Å². The van der Waals surface area contributed by atoms with Gasteiger partial charge in [0.15, 0.2) is 0 Å². The highest BCUT2D eigenvalue weighted by atomic mass is 14.9. The third-order valence-electron chi connectivity index (χ3n) is 3.41. The molecule has 0 amide bonds. The lowest BCUT2D eigenvalue weighted by Crippen LogP contribution is -2.35. The Morgan fingerprint density at radius 2 is 1.57 bits per heavy atom. The Kier molecular flexibility index (Phi) is 8.26. The lowest BCUT2D eigenvalue weighted by atomic mass is 9.72. The van der Waals surface area contributed by atoms with Gasteiger partial charge in [-0.1, -0.05) is 47.0 Å². The van der Waals surface area contributed by atoms with Gasteiger partial charge in [0, 0.05) is 6.54 Å². The summed E-state index contributed by atoms with van der Waals surface area (Å²) >= 11 is 0. The molecule has 1 N–H and O–H groups in total. The molecule has 1 fully saturated rings. The van der Waals surface area contributed by atoms with Crippen LogP contribution in [0.3, 0.4) is 0 Å². The molecule has 1 aliphatic carbocycles. The minimum Gasteiger partial charge on any atom is -0.316 e. The van der Waals surface area contributed by atoms with E-state index in [9.17, 15) is 0 Å². The van der Waals surface area contributed by atoms with Crippen molar-refractivity contribution in [1.29, 1.82) is 0 Å². The van der Waals surface area contributed by atoms with Crippen LogP contribution in [0.1, 0.15) is 66.2 Å². The van der Waals surface area contributed by atoms with E-state index < -0.39 is 0 Å². The summed E-state index contributed by atoms with van der Waals surface area (Å²) in [6, 6.07) is 0. The molecule has 0 heterocycles. The van der Waals surface area contributed by atoms with Crippen molar-refractivity contribution < 1.29 is 0 Å². The molecule has 1 nitrogen and oxygen atoms in total. The zero-order chi connectivity index (χ0) is 10.9. The number of rotatable bonds is 4. The maximum Gasteiger partial charge on any atom is 0.000759 e. The summed E-state index contributed by atoms with van der Waals surface area (Å²) in [5.74, 6) is 0. The number of hydrogen-bond acceptors (Lipinski definition) is 1. The maximum absolute atomic E-state index is 3.51. The van der Waals surface area contributed by atoms with Gasteiger partial charge in [-0.05, 0) is 31.2 Å². The normalized spacial score (nSPS) is 19.7. The molecule has 0 unspecified atom stereocenters. The van der Waals surface area contributed by atoms with Gasteiger partial charge in [0.05, 0.1) is 0 Å². The molecule has 0 radical (unpaired) electrons. The molecular weight excluding hydrogens is 170 g/mol. The van der Waals surface area contributed by atoms with E-state index in [0.717, 1.165) is 6.54 Å². The fourth-order valence-corrected chi connectivity index (χ4v) is 2.35. The van der Waals surface area contributed by atoms with Gasteiger partial charge >= 0.3 is 0 Å². The Hall–Kier alpha value is -0.0400. The summed E-state index contributed by atoms with van der Waals surface area (Å²) in [7, 11) is 0. The Labute approximate surface area is 90.7 Å². The van der Waals surface area contributed by atoms with E-state index >= 15 is 0 Å². The Bertz CT molecular complexity index is 114. The van der Waals surface area contributed by atoms with Gasteiger partial charge in [0.25, 0.3) is 0 Å². The summed E-state index contributed by atoms with van der Waals surface area (Å²) in [5.41, 5.74) is 0.661. The van der Waals surface area contributed by atoms with Gasteiger partial charge in [-0.2, -0.15) is 0 Å². The first kappa shape index (κ1) is 14.0. The zero-order valence-corrected chi connectivity index (χ0v) is 10.7. The van der Waals surface area contributed by atoms with E-state index in [0.29, 0.717) is 5.41 Å². The van der Waals surface area contributed by atoms with Crippen molar-refractivity contribution in [3.8, 4) is 0 Å². The summed E-state index contributed by atoms with van der Waals surface area (Å²) < 4.78 is 0. The van der Waals surface area contributed by atoms with E-state index in [1.165, 1.54) is 45.1 Å². The van der Waals surface area contributed by atoms with Crippen molar-refractivity contribution in [2.75, 3.05) is 13.1 Å². The smallest absolute Gasteiger partial charge is 0.000759 e. The fourth-order valence-electron chi connectivity index (χ4n) is 2.35. The molecule has 1 heteroatoms. The molecule has 86 valence electrons. The Balaban J connectivity index is 0.000000791. The van der Waals surface area contributed by atoms with Crippen LogP contribution in [0.4, 0.5) is 0 Å². The predicted molar refractivity (Wildman–Crippen MR) is 65.7 cm³/mol. The average Bonchev–Trinajstić information content (AvgIpc) is 2.30. The molecule has 0 aromatic carbocycles. The molecule has 0 saturated heterocycles. The van der Waals surface area contributed by atoms with Crippen LogP contribution in [0.25, 0.3) is 0 Å². The van der Waals surface area contributed by atoms with Gasteiger partial charge in [0.1, 0.15) is 0 Å². The average molecular weight is 199 g/mol. The lowest BCUT2D eigenvalue weighted by molar-refractivity contribution is 0.176. The molecule has 1 saturated carbocycles. The molecule has 1 rings (SSSR count). The van der Waals surface area contributed by atoms with E-state index in [-0.39, 0.29) is 0 Å². The van der Waals surface area contributed by atoms with Crippen LogP contribution < -0.4 is 5.32 Å². The lowest BCUT2D eigenvalue weighted by Gasteiger charge is -2.36. The molecule has 14 heavy (non-hydrogen) atoms. The van der Waals surface area contributed by atoms with Crippen LogP contribution in [0, 0.1) is 5.41 Å². The monoisotopic (exact) mass is 199 g/mol. The topological polar surface area (TPSA) is 12.0 Å². The van der Waals surface area contributed by atoms with E-state index in [1.807, 2.05) is 13.8 Å². The van der Waals surface area contributed by atoms with Crippen LogP contribution in [0.2, 0.25) is 0 Å². The van der Waals surface area contributed by atoms with Crippen molar-refractivity contribution in [2.45, 2.75) is 66.2 Å². The quantitative estimate of drug-likeness (QED) is 0.722. The second-order valence-corrected chi connectivity index (χ2v) is 4.19. The highest BCUT2D eigenvalue weighted by molar-refractivity contribution is 4.83. The Morgan fingerprint density at radius 1 is 1.00 bits per heavy atom. The largest absolute Gasteiger partial charge is 0.316 e. The number of nitrogens with one attached hydrogen (secondary N) is 1. The molecular formula is C13H29N. The minimum atomic E-state index is 0.661. The third-order valence-corrected chi connectivity index (χ3v) is 3.41. The van der Waals surface area contributed by atoms with E-state index in [4.69, 9.17) is 0 Å². The first-order valence-electron chi connectivity index (χ1n) is 6.54. The summed E-state index contributed by atoms with van der Waals surface area (Å²) in [4.78, 5) is 0. The van der Waals surface area contributed by atoms with Crippen LogP contribution in [-0.4, -0.2) is 13.1 Å². The maximum atomic E-state index is 3.51. The SMILES string of the molecule is CC.CCNCC1(CC)CCCCC1. The van der Waals surface area contributed by atoms with Crippen molar-refractivity contribution in [2.24, 2.45) is 5.41 Å². The van der Waals surface area contributed by atoms with Crippen LogP contribution >= 0.6 is 0 Å². The van der Waals surface area contributed by atoms with Crippen LogP contribution in [0.15, 0.2) is 0 Å². The number of hydrogen-bond donors (Lipinski definition) is 1. The van der Waals surface area contributed by atoms with Crippen molar-refractivity contribution in [3.05, 3.63) is 0 Å². The van der Waals surface area contributed by atoms with Gasteiger partial charge in [0.2, 0.25) is 0 Å². The van der Waals surface area contributed by atoms with Crippen LogP contribution in [-0.2, 0) is 0 Å². The van der Waals surface area contributed by atoms with Crippen LogP contribution in [0.5, 0.6) is 0 Å². The van der Waals surface area contributed by atoms with Crippen molar-refractivity contribution >= 4 is 0 Å². The Morgan fingerprint density at radius 3 is 2.00 bits per heavy atom. The summed E-state index contributed by atoms with van der Waals surface area (Å²) in [6.07, 6.45) is 8.65. The molecule has 0 aromatic heterocycles. The zero-order valence-electron chi connectivity index (χ0n) is 10.7. The predicted octanol–water partition coefficient (Wildman–Crippen LogP) is 3.98. The molecule has 0 bridgehead atoms. The third kappa shape index (κ3) is 4.45. The fraction of sp³-hybridized carbons (Fsp3) is 1.00. The second kappa shape index (κ2) is 8.28. The van der Waals surface area contributed by atoms with Crippen molar-refractivity contribution in [1.82, 2.24) is 5.32 Å². The van der Waals surface area contributed by atoms with E-state index in [2.05, 4.69) is 19.2 Å². The van der Waals surface area contributed by atoms with Gasteiger partial charge in [-0.15, -0.1) is 0 Å². The minimum absolute atomic E-state index is 0.661. The standard InChI is InChI=1S/C11H23N.C2H6/c1-3-11(10-12-4-2)8-6-5-7-9-11;1-2/h12H,3-10H2,1-2H3;1-2H3. The first-order valence-corrected chi connectivity index (χ1v) is 6.54. The first-order chi connectivity index (χ1) is 6.83. The highest BCUT2D eigenvalue weighted by Crippen LogP contribution is 2.38. The highest BCUT2D eigenvalue weighted by Gasteiger charge is 2.29. The summed E-state index contributed by atoms with van der Waals surface area (Å²) in [6.45, 7) is 10.9. The molecule has 0 atom stereocenters. The van der Waals surface area contributed by atoms with Crippen molar-refractivity contribution in [3.63, 3.8) is 0 Å². The second-order valence-electron chi connectivity index (χ2n) is 4.19. The summed E-state index contributed by atoms with van der Waals surface area (Å²) in [5, 5.41) is 3.51. The van der Waals surface area contributed by atoms with Gasteiger partial charge < -0.3 is 5.32 Å². The molecule has 0 aliphatic heterocycles. The molecule has 1 aliphatic rings. The molecule has 0 aromatic rings.